The maximum Gasteiger partial charge on any atom is 0.145 e. The smallest absolute Gasteiger partial charge is 0.145 e. The summed E-state index contributed by atoms with van der Waals surface area (Å²) in [5.41, 5.74) is 6.80. The van der Waals surface area contributed by atoms with Crippen LogP contribution in [0.25, 0.3) is 21.1 Å². The van der Waals surface area contributed by atoms with E-state index >= 15 is 0 Å². The van der Waals surface area contributed by atoms with Gasteiger partial charge in [-0.3, -0.25) is 4.98 Å². The van der Waals surface area contributed by atoms with Crippen LogP contribution in [0.5, 0.6) is 5.75 Å². The van der Waals surface area contributed by atoms with E-state index < -0.39 is 0 Å². The minimum absolute atomic E-state index is 0.108. The Morgan fingerprint density at radius 2 is 2.03 bits per heavy atom. The highest BCUT2D eigenvalue weighted by molar-refractivity contribution is 7.29. The largest absolute Gasteiger partial charge is 0.483 e. The SMILES string of the molecule is CN(C)c1cc2c(Nc3ccc4scnc4c3P)ccnc2cc1OC1COC1. The van der Waals surface area contributed by atoms with Crippen LogP contribution in [0.1, 0.15) is 0 Å². The van der Waals surface area contributed by atoms with Gasteiger partial charge in [0.2, 0.25) is 0 Å². The zero-order chi connectivity index (χ0) is 20.0. The number of benzene rings is 2. The molecule has 6 nitrogen and oxygen atoms in total. The number of aromatic nitrogens is 2. The number of ether oxygens (including phenoxy) is 2. The van der Waals surface area contributed by atoms with E-state index in [0.717, 1.165) is 44.5 Å². The van der Waals surface area contributed by atoms with E-state index in [0.29, 0.717) is 13.2 Å². The molecule has 2 aromatic carbocycles. The third kappa shape index (κ3) is 3.39. The van der Waals surface area contributed by atoms with Crippen LogP contribution in [0.3, 0.4) is 0 Å². The van der Waals surface area contributed by atoms with Crippen molar-refractivity contribution in [2.24, 2.45) is 0 Å². The highest BCUT2D eigenvalue weighted by Crippen LogP contribution is 2.36. The van der Waals surface area contributed by atoms with E-state index in [9.17, 15) is 0 Å². The van der Waals surface area contributed by atoms with Gasteiger partial charge < -0.3 is 19.7 Å². The van der Waals surface area contributed by atoms with Crippen LogP contribution in [-0.4, -0.2) is 43.4 Å². The van der Waals surface area contributed by atoms with Crippen molar-refractivity contribution in [1.29, 1.82) is 0 Å². The number of nitrogens with one attached hydrogen (secondary N) is 1. The Morgan fingerprint density at radius 1 is 1.17 bits per heavy atom. The topological polar surface area (TPSA) is 59.5 Å². The number of anilines is 3. The first kappa shape index (κ1) is 18.6. The van der Waals surface area contributed by atoms with Crippen molar-refractivity contribution in [3.8, 4) is 5.75 Å². The molecule has 4 aromatic rings. The fourth-order valence-electron chi connectivity index (χ4n) is 3.38. The van der Waals surface area contributed by atoms with Gasteiger partial charge in [-0.2, -0.15) is 0 Å². The molecule has 1 aliphatic heterocycles. The highest BCUT2D eigenvalue weighted by atomic mass is 32.1. The maximum atomic E-state index is 6.13. The van der Waals surface area contributed by atoms with Crippen molar-refractivity contribution >= 4 is 64.1 Å². The molecule has 1 atom stereocenters. The summed E-state index contributed by atoms with van der Waals surface area (Å²) in [6.45, 7) is 1.27. The number of nitrogens with zero attached hydrogens (tertiary/aromatic N) is 3. The normalized spacial score (nSPS) is 14.2. The predicted molar refractivity (Wildman–Crippen MR) is 124 cm³/mol. The van der Waals surface area contributed by atoms with Gasteiger partial charge in [0.05, 0.1) is 40.1 Å². The molecule has 3 heterocycles. The minimum atomic E-state index is 0.108. The zero-order valence-electron chi connectivity index (χ0n) is 16.2. The minimum Gasteiger partial charge on any atom is -0.483 e. The number of rotatable bonds is 5. The molecule has 0 bridgehead atoms. The van der Waals surface area contributed by atoms with Crippen molar-refractivity contribution < 1.29 is 9.47 Å². The van der Waals surface area contributed by atoms with Crippen molar-refractivity contribution in [1.82, 2.24) is 9.97 Å². The van der Waals surface area contributed by atoms with E-state index in [1.165, 1.54) is 4.70 Å². The Morgan fingerprint density at radius 3 is 2.79 bits per heavy atom. The Bertz CT molecular complexity index is 1210. The van der Waals surface area contributed by atoms with Gasteiger partial charge >= 0.3 is 0 Å². The Labute approximate surface area is 175 Å². The zero-order valence-corrected chi connectivity index (χ0v) is 18.1. The van der Waals surface area contributed by atoms with Crippen molar-refractivity contribution in [3.63, 3.8) is 0 Å². The number of hydrogen-bond donors (Lipinski definition) is 1. The van der Waals surface area contributed by atoms with Gasteiger partial charge in [-0.1, -0.05) is 0 Å². The molecule has 1 N–H and O–H groups in total. The summed E-state index contributed by atoms with van der Waals surface area (Å²) in [4.78, 5) is 11.1. The number of pyridine rings is 1. The second-order valence-electron chi connectivity index (χ2n) is 7.22. The summed E-state index contributed by atoms with van der Waals surface area (Å²) in [6.07, 6.45) is 1.93. The molecule has 0 spiro atoms. The second-order valence-corrected chi connectivity index (χ2v) is 8.68. The standard InChI is InChI=1S/C21H21N4O2PS/c1-25(2)17-7-13-14(24-15-3-4-19-20(21(15)28)23-11-29-19)5-6-22-16(13)8-18(17)27-12-9-26-10-12/h3-8,11-12H,9-10,28H2,1-2H3,(H,22,24). The molecule has 1 saturated heterocycles. The van der Waals surface area contributed by atoms with Gasteiger partial charge in [0.25, 0.3) is 0 Å². The quantitative estimate of drug-likeness (QED) is 0.490. The maximum absolute atomic E-state index is 6.13. The Kier molecular flexibility index (Phi) is 4.74. The fourth-order valence-corrected chi connectivity index (χ4v) is 4.58. The van der Waals surface area contributed by atoms with Gasteiger partial charge in [0.1, 0.15) is 11.9 Å². The summed E-state index contributed by atoms with van der Waals surface area (Å²) in [5, 5.41) is 5.67. The van der Waals surface area contributed by atoms with E-state index in [1.807, 2.05) is 37.9 Å². The number of hydrogen-bond acceptors (Lipinski definition) is 7. The molecule has 1 fully saturated rings. The molecule has 5 rings (SSSR count). The molecule has 0 amide bonds. The monoisotopic (exact) mass is 424 g/mol. The molecule has 2 aromatic heterocycles. The molecule has 29 heavy (non-hydrogen) atoms. The van der Waals surface area contributed by atoms with Crippen molar-refractivity contribution in [2.75, 3.05) is 37.5 Å². The third-order valence-electron chi connectivity index (χ3n) is 5.02. The van der Waals surface area contributed by atoms with Gasteiger partial charge in [0.15, 0.2) is 0 Å². The first-order valence-electron chi connectivity index (χ1n) is 9.33. The lowest BCUT2D eigenvalue weighted by atomic mass is 10.1. The van der Waals surface area contributed by atoms with Gasteiger partial charge in [-0.15, -0.1) is 20.6 Å². The Balaban J connectivity index is 1.58. The van der Waals surface area contributed by atoms with Crippen LogP contribution < -0.4 is 20.3 Å². The van der Waals surface area contributed by atoms with Crippen molar-refractivity contribution in [3.05, 3.63) is 42.0 Å². The summed E-state index contributed by atoms with van der Waals surface area (Å²) in [7, 11) is 6.85. The van der Waals surface area contributed by atoms with E-state index in [2.05, 4.69) is 47.6 Å². The number of thiazole rings is 1. The first-order valence-corrected chi connectivity index (χ1v) is 10.8. The summed E-state index contributed by atoms with van der Waals surface area (Å²) >= 11 is 1.65. The van der Waals surface area contributed by atoms with E-state index in [4.69, 9.17) is 9.47 Å². The van der Waals surface area contributed by atoms with E-state index in [1.54, 1.807) is 11.3 Å². The lowest BCUT2D eigenvalue weighted by Crippen LogP contribution is -2.38. The molecule has 1 unspecified atom stereocenters. The average molecular weight is 424 g/mol. The molecule has 0 saturated carbocycles. The lowest BCUT2D eigenvalue weighted by molar-refractivity contribution is -0.0794. The number of fused-ring (bicyclic) bond motifs is 2. The first-order chi connectivity index (χ1) is 14.1. The molecule has 8 heteroatoms. The molecule has 0 radical (unpaired) electrons. The van der Waals surface area contributed by atoms with Crippen LogP contribution in [0.2, 0.25) is 0 Å². The molecular weight excluding hydrogens is 403 g/mol. The highest BCUT2D eigenvalue weighted by Gasteiger charge is 2.22. The lowest BCUT2D eigenvalue weighted by Gasteiger charge is -2.29. The van der Waals surface area contributed by atoms with E-state index in [-0.39, 0.29) is 6.10 Å². The summed E-state index contributed by atoms with van der Waals surface area (Å²) in [6, 6.07) is 10.3. The van der Waals surface area contributed by atoms with Crippen molar-refractivity contribution in [2.45, 2.75) is 6.10 Å². The van der Waals surface area contributed by atoms with Gasteiger partial charge in [-0.25, -0.2) is 4.98 Å². The van der Waals surface area contributed by atoms with Crippen LogP contribution in [-0.2, 0) is 4.74 Å². The summed E-state index contributed by atoms with van der Waals surface area (Å²) in [5.74, 6) is 0.830. The second kappa shape index (κ2) is 7.41. The predicted octanol–water partition coefficient (Wildman–Crippen LogP) is 3.93. The summed E-state index contributed by atoms with van der Waals surface area (Å²) < 4.78 is 12.6. The van der Waals surface area contributed by atoms with Crippen LogP contribution >= 0.6 is 20.6 Å². The fraction of sp³-hybridized carbons (Fsp3) is 0.238. The Hall–Kier alpha value is -2.47. The van der Waals surface area contributed by atoms with Crippen LogP contribution in [0.4, 0.5) is 17.1 Å². The van der Waals surface area contributed by atoms with Crippen LogP contribution in [0.15, 0.2) is 42.0 Å². The molecular formula is C21H21N4O2PS. The van der Waals surface area contributed by atoms with Gasteiger partial charge in [-0.05, 0) is 24.3 Å². The van der Waals surface area contributed by atoms with Gasteiger partial charge in [0, 0.05) is 48.4 Å². The molecule has 0 aliphatic carbocycles. The third-order valence-corrected chi connectivity index (χ3v) is 6.39. The molecule has 148 valence electrons. The van der Waals surface area contributed by atoms with Crippen LogP contribution in [0, 0.1) is 0 Å². The molecule has 1 aliphatic rings. The average Bonchev–Trinajstić information content (AvgIpc) is 3.16.